The Hall–Kier alpha value is -3.46. The number of aromatic nitrogens is 4. The number of ether oxygens (including phenoxy) is 1. The standard InChI is InChI=1S/C25H31N7O2/c1-3-34-20-15-32(16-20)25(33)30-23-7-5-4-6-17-12-18(8-9-21(17)23)22-10-11-26-24(29-22)28-19-13-27-31(2)14-19/h8-14,20,23H,3-7,15-16H2,1-2H3,(H,30,33)(H,26,28,29). The second kappa shape index (κ2) is 9.80. The number of aryl methyl sites for hydroxylation is 2. The lowest BCUT2D eigenvalue weighted by Gasteiger charge is -2.39. The van der Waals surface area contributed by atoms with E-state index < -0.39 is 0 Å². The minimum Gasteiger partial charge on any atom is -0.375 e. The molecular formula is C25H31N7O2. The molecular weight excluding hydrogens is 430 g/mol. The average molecular weight is 462 g/mol. The molecule has 1 atom stereocenters. The van der Waals surface area contributed by atoms with Crippen molar-refractivity contribution < 1.29 is 9.53 Å². The number of urea groups is 1. The quantitative estimate of drug-likeness (QED) is 0.542. The molecule has 0 saturated carbocycles. The minimum absolute atomic E-state index is 0.000187. The number of amides is 2. The van der Waals surface area contributed by atoms with Gasteiger partial charge in [0.1, 0.15) is 0 Å². The Morgan fingerprint density at radius 1 is 1.24 bits per heavy atom. The highest BCUT2D eigenvalue weighted by Gasteiger charge is 2.32. The zero-order valence-corrected chi connectivity index (χ0v) is 19.7. The van der Waals surface area contributed by atoms with Gasteiger partial charge < -0.3 is 20.3 Å². The monoisotopic (exact) mass is 461 g/mol. The molecule has 9 nitrogen and oxygen atoms in total. The number of nitrogens with zero attached hydrogens (tertiary/aromatic N) is 5. The van der Waals surface area contributed by atoms with Crippen molar-refractivity contribution in [2.75, 3.05) is 25.0 Å². The lowest BCUT2D eigenvalue weighted by molar-refractivity contribution is -0.0304. The van der Waals surface area contributed by atoms with Crippen LogP contribution < -0.4 is 10.6 Å². The fourth-order valence-corrected chi connectivity index (χ4v) is 4.67. The SMILES string of the molecule is CCOC1CN(C(=O)NC2CCCCc3cc(-c4ccnc(Nc5cnn(C)c5)n4)ccc32)C1. The van der Waals surface area contributed by atoms with Gasteiger partial charge in [-0.2, -0.15) is 5.10 Å². The first-order valence-corrected chi connectivity index (χ1v) is 12.0. The predicted octanol–water partition coefficient (Wildman–Crippen LogP) is 3.82. The number of rotatable bonds is 6. The number of anilines is 2. The van der Waals surface area contributed by atoms with E-state index >= 15 is 0 Å². The van der Waals surface area contributed by atoms with Crippen LogP contribution in [0.4, 0.5) is 16.4 Å². The minimum atomic E-state index is -0.000187. The van der Waals surface area contributed by atoms with E-state index in [9.17, 15) is 4.79 Å². The van der Waals surface area contributed by atoms with Crippen LogP contribution in [-0.4, -0.2) is 56.5 Å². The van der Waals surface area contributed by atoms with Crippen LogP contribution in [-0.2, 0) is 18.2 Å². The Bertz CT molecular complexity index is 1160. The zero-order valence-electron chi connectivity index (χ0n) is 19.7. The highest BCUT2D eigenvalue weighted by molar-refractivity contribution is 5.76. The summed E-state index contributed by atoms with van der Waals surface area (Å²) < 4.78 is 7.31. The van der Waals surface area contributed by atoms with Gasteiger partial charge in [-0.1, -0.05) is 18.6 Å². The third-order valence-corrected chi connectivity index (χ3v) is 6.45. The van der Waals surface area contributed by atoms with Crippen LogP contribution in [0.2, 0.25) is 0 Å². The molecule has 0 bridgehead atoms. The first kappa shape index (κ1) is 22.3. The molecule has 2 amide bonds. The van der Waals surface area contributed by atoms with Gasteiger partial charge >= 0.3 is 6.03 Å². The molecule has 2 N–H and O–H groups in total. The summed E-state index contributed by atoms with van der Waals surface area (Å²) in [5.74, 6) is 0.533. The Labute approximate surface area is 199 Å². The molecule has 178 valence electrons. The average Bonchev–Trinajstić information content (AvgIpc) is 3.11. The Morgan fingerprint density at radius 2 is 2.12 bits per heavy atom. The molecule has 1 aliphatic carbocycles. The molecule has 1 saturated heterocycles. The fourth-order valence-electron chi connectivity index (χ4n) is 4.67. The Balaban J connectivity index is 1.31. The van der Waals surface area contributed by atoms with Crippen molar-refractivity contribution in [3.63, 3.8) is 0 Å². The van der Waals surface area contributed by atoms with Crippen LogP contribution in [0.15, 0.2) is 42.9 Å². The van der Waals surface area contributed by atoms with Gasteiger partial charge in [0.2, 0.25) is 5.95 Å². The molecule has 1 unspecified atom stereocenters. The van der Waals surface area contributed by atoms with E-state index in [1.165, 1.54) is 11.1 Å². The van der Waals surface area contributed by atoms with Gasteiger partial charge in [-0.05, 0) is 49.4 Å². The van der Waals surface area contributed by atoms with Crippen LogP contribution in [0.3, 0.4) is 0 Å². The highest BCUT2D eigenvalue weighted by atomic mass is 16.5. The van der Waals surface area contributed by atoms with Gasteiger partial charge in [-0.15, -0.1) is 0 Å². The van der Waals surface area contributed by atoms with Crippen LogP contribution in [0.1, 0.15) is 43.4 Å². The lowest BCUT2D eigenvalue weighted by Crippen LogP contribution is -2.58. The highest BCUT2D eigenvalue weighted by Crippen LogP contribution is 2.32. The third-order valence-electron chi connectivity index (χ3n) is 6.45. The second-order valence-electron chi connectivity index (χ2n) is 8.94. The topological polar surface area (TPSA) is 97.2 Å². The number of hydrogen-bond donors (Lipinski definition) is 2. The number of likely N-dealkylation sites (tertiary alicyclic amines) is 1. The van der Waals surface area contributed by atoms with Crippen molar-refractivity contribution in [3.8, 4) is 11.3 Å². The number of fused-ring (bicyclic) bond motifs is 1. The molecule has 5 rings (SSSR count). The summed E-state index contributed by atoms with van der Waals surface area (Å²) in [5.41, 5.74) is 5.23. The maximum absolute atomic E-state index is 12.8. The van der Waals surface area contributed by atoms with E-state index in [-0.39, 0.29) is 18.2 Å². The molecule has 0 radical (unpaired) electrons. The maximum atomic E-state index is 12.8. The number of benzene rings is 1. The van der Waals surface area contributed by atoms with Crippen molar-refractivity contribution in [2.24, 2.45) is 7.05 Å². The van der Waals surface area contributed by atoms with E-state index in [2.05, 4.69) is 38.9 Å². The summed E-state index contributed by atoms with van der Waals surface area (Å²) in [4.78, 5) is 23.6. The van der Waals surface area contributed by atoms with E-state index in [1.54, 1.807) is 17.1 Å². The summed E-state index contributed by atoms with van der Waals surface area (Å²) in [6, 6.07) is 8.40. The molecule has 0 spiro atoms. The maximum Gasteiger partial charge on any atom is 0.318 e. The molecule has 9 heteroatoms. The summed E-state index contributed by atoms with van der Waals surface area (Å²) in [5, 5.41) is 10.6. The Morgan fingerprint density at radius 3 is 2.91 bits per heavy atom. The van der Waals surface area contributed by atoms with E-state index in [4.69, 9.17) is 9.72 Å². The van der Waals surface area contributed by atoms with E-state index in [0.29, 0.717) is 25.6 Å². The van der Waals surface area contributed by atoms with Gasteiger partial charge in [-0.25, -0.2) is 14.8 Å². The second-order valence-corrected chi connectivity index (χ2v) is 8.94. The number of nitrogens with one attached hydrogen (secondary N) is 2. The van der Waals surface area contributed by atoms with Crippen molar-refractivity contribution in [3.05, 3.63) is 54.0 Å². The van der Waals surface area contributed by atoms with Crippen molar-refractivity contribution in [1.29, 1.82) is 0 Å². The lowest BCUT2D eigenvalue weighted by atomic mass is 9.95. The molecule has 1 aromatic carbocycles. The molecule has 2 aliphatic rings. The molecule has 2 aromatic heterocycles. The summed E-state index contributed by atoms with van der Waals surface area (Å²) in [7, 11) is 1.87. The number of carbonyl (C=O) groups is 1. The first-order chi connectivity index (χ1) is 16.6. The van der Waals surface area contributed by atoms with Crippen LogP contribution in [0.5, 0.6) is 0 Å². The summed E-state index contributed by atoms with van der Waals surface area (Å²) in [6.07, 6.45) is 9.70. The van der Waals surface area contributed by atoms with Gasteiger partial charge in [0, 0.05) is 31.6 Å². The van der Waals surface area contributed by atoms with Crippen LogP contribution in [0.25, 0.3) is 11.3 Å². The zero-order chi connectivity index (χ0) is 23.5. The number of hydrogen-bond acceptors (Lipinski definition) is 6. The van der Waals surface area contributed by atoms with Gasteiger partial charge in [-0.3, -0.25) is 4.68 Å². The molecule has 1 fully saturated rings. The van der Waals surface area contributed by atoms with Crippen molar-refractivity contribution >= 4 is 17.7 Å². The molecule has 3 aromatic rings. The summed E-state index contributed by atoms with van der Waals surface area (Å²) in [6.45, 7) is 4.01. The first-order valence-electron chi connectivity index (χ1n) is 12.0. The van der Waals surface area contributed by atoms with Gasteiger partial charge in [0.25, 0.3) is 0 Å². The molecule has 34 heavy (non-hydrogen) atoms. The van der Waals surface area contributed by atoms with E-state index in [1.807, 2.05) is 31.1 Å². The summed E-state index contributed by atoms with van der Waals surface area (Å²) >= 11 is 0. The smallest absolute Gasteiger partial charge is 0.318 e. The molecule has 1 aliphatic heterocycles. The third kappa shape index (κ3) is 4.89. The van der Waals surface area contributed by atoms with Crippen LogP contribution >= 0.6 is 0 Å². The molecule has 3 heterocycles. The normalized spacial score (nSPS) is 18.1. The Kier molecular flexibility index (Phi) is 6.44. The van der Waals surface area contributed by atoms with Crippen molar-refractivity contribution in [1.82, 2.24) is 30.0 Å². The fraction of sp³-hybridized carbons (Fsp3) is 0.440. The van der Waals surface area contributed by atoms with Crippen molar-refractivity contribution in [2.45, 2.75) is 44.8 Å². The largest absolute Gasteiger partial charge is 0.375 e. The van der Waals surface area contributed by atoms with Crippen LogP contribution in [0, 0.1) is 0 Å². The van der Waals surface area contributed by atoms with Gasteiger partial charge in [0.15, 0.2) is 0 Å². The van der Waals surface area contributed by atoms with E-state index in [0.717, 1.165) is 42.6 Å². The van der Waals surface area contributed by atoms with Gasteiger partial charge in [0.05, 0.1) is 42.8 Å². The predicted molar refractivity (Wildman–Crippen MR) is 130 cm³/mol. The number of carbonyl (C=O) groups excluding carboxylic acids is 1.